The van der Waals surface area contributed by atoms with E-state index in [1.807, 2.05) is 42.5 Å². The molecule has 0 bridgehead atoms. The van der Waals surface area contributed by atoms with Gasteiger partial charge in [-0.1, -0.05) is 42.5 Å². The standard InChI is InChI=1S/C17H16N2O2/c18-12-15-8-6-14(7-9-15)10-11-17(20)19-21-13-16-4-2-1-3-5-16/h1-9H,10-11,13H2,(H,19,20). The molecule has 0 aliphatic rings. The third kappa shape index (κ3) is 5.09. The zero-order chi connectivity index (χ0) is 14.9. The van der Waals surface area contributed by atoms with E-state index in [4.69, 9.17) is 10.1 Å². The molecule has 0 atom stereocenters. The van der Waals surface area contributed by atoms with E-state index in [2.05, 4.69) is 11.5 Å². The number of hydroxylamine groups is 1. The van der Waals surface area contributed by atoms with Crippen LogP contribution in [0.25, 0.3) is 0 Å². The molecule has 0 saturated carbocycles. The molecule has 21 heavy (non-hydrogen) atoms. The van der Waals surface area contributed by atoms with Gasteiger partial charge in [0.25, 0.3) is 0 Å². The molecule has 4 heteroatoms. The minimum atomic E-state index is -0.157. The Morgan fingerprint density at radius 1 is 1.05 bits per heavy atom. The second kappa shape index (κ2) is 7.83. The van der Waals surface area contributed by atoms with E-state index >= 15 is 0 Å². The van der Waals surface area contributed by atoms with Crippen molar-refractivity contribution < 1.29 is 9.63 Å². The molecule has 1 N–H and O–H groups in total. The van der Waals surface area contributed by atoms with Crippen LogP contribution in [0.5, 0.6) is 0 Å². The molecule has 0 aromatic heterocycles. The number of rotatable bonds is 6. The molecule has 2 aromatic carbocycles. The van der Waals surface area contributed by atoms with E-state index in [0.717, 1.165) is 11.1 Å². The quantitative estimate of drug-likeness (QED) is 0.828. The Labute approximate surface area is 123 Å². The first-order valence-corrected chi connectivity index (χ1v) is 6.71. The number of nitriles is 1. The monoisotopic (exact) mass is 280 g/mol. The number of nitrogens with one attached hydrogen (secondary N) is 1. The smallest absolute Gasteiger partial charge is 0.243 e. The van der Waals surface area contributed by atoms with Gasteiger partial charge in [-0.25, -0.2) is 5.48 Å². The SMILES string of the molecule is N#Cc1ccc(CCC(=O)NOCc2ccccc2)cc1. The molecule has 0 spiro atoms. The van der Waals surface area contributed by atoms with Crippen molar-refractivity contribution >= 4 is 5.91 Å². The van der Waals surface area contributed by atoms with Crippen LogP contribution in [0.15, 0.2) is 54.6 Å². The fourth-order valence-electron chi connectivity index (χ4n) is 1.83. The van der Waals surface area contributed by atoms with Gasteiger partial charge in [0.1, 0.15) is 0 Å². The molecular weight excluding hydrogens is 264 g/mol. The molecule has 2 aromatic rings. The first-order chi connectivity index (χ1) is 10.3. The lowest BCUT2D eigenvalue weighted by Crippen LogP contribution is -2.23. The highest BCUT2D eigenvalue weighted by molar-refractivity contribution is 5.75. The number of hydrogen-bond acceptors (Lipinski definition) is 3. The fraction of sp³-hybridized carbons (Fsp3) is 0.176. The Bertz CT molecular complexity index is 615. The van der Waals surface area contributed by atoms with Crippen LogP contribution in [-0.2, 0) is 22.7 Å². The van der Waals surface area contributed by atoms with Crippen LogP contribution >= 0.6 is 0 Å². The topological polar surface area (TPSA) is 62.1 Å². The van der Waals surface area contributed by atoms with Crippen LogP contribution in [0.4, 0.5) is 0 Å². The van der Waals surface area contributed by atoms with Crippen LogP contribution < -0.4 is 5.48 Å². The van der Waals surface area contributed by atoms with Gasteiger partial charge < -0.3 is 0 Å². The summed E-state index contributed by atoms with van der Waals surface area (Å²) in [5.41, 5.74) is 5.08. The van der Waals surface area contributed by atoms with Gasteiger partial charge in [-0.05, 0) is 29.7 Å². The van der Waals surface area contributed by atoms with Gasteiger partial charge in [-0.2, -0.15) is 5.26 Å². The van der Waals surface area contributed by atoms with Crippen molar-refractivity contribution in [3.8, 4) is 6.07 Å². The van der Waals surface area contributed by atoms with Crippen LogP contribution in [0.2, 0.25) is 0 Å². The Morgan fingerprint density at radius 3 is 2.43 bits per heavy atom. The summed E-state index contributed by atoms with van der Waals surface area (Å²) in [7, 11) is 0. The van der Waals surface area contributed by atoms with E-state index in [1.165, 1.54) is 0 Å². The zero-order valence-electron chi connectivity index (χ0n) is 11.6. The van der Waals surface area contributed by atoms with Crippen molar-refractivity contribution in [3.63, 3.8) is 0 Å². The third-order valence-corrected chi connectivity index (χ3v) is 2.99. The lowest BCUT2D eigenvalue weighted by Gasteiger charge is -2.06. The maximum atomic E-state index is 11.6. The van der Waals surface area contributed by atoms with Crippen molar-refractivity contribution in [1.29, 1.82) is 5.26 Å². The summed E-state index contributed by atoms with van der Waals surface area (Å²) in [4.78, 5) is 16.8. The number of carbonyl (C=O) groups is 1. The minimum Gasteiger partial charge on any atom is -0.273 e. The maximum absolute atomic E-state index is 11.6. The number of benzene rings is 2. The number of nitrogens with zero attached hydrogens (tertiary/aromatic N) is 1. The molecule has 4 nitrogen and oxygen atoms in total. The zero-order valence-corrected chi connectivity index (χ0v) is 11.6. The molecule has 0 saturated heterocycles. The second-order valence-corrected chi connectivity index (χ2v) is 4.61. The predicted octanol–water partition coefficient (Wildman–Crippen LogP) is 2.74. The Balaban J connectivity index is 1.68. The Kier molecular flexibility index (Phi) is 5.50. The number of carbonyl (C=O) groups excluding carboxylic acids is 1. The lowest BCUT2D eigenvalue weighted by molar-refractivity contribution is -0.134. The van der Waals surface area contributed by atoms with Gasteiger partial charge in [-0.3, -0.25) is 9.63 Å². The lowest BCUT2D eigenvalue weighted by atomic mass is 10.1. The predicted molar refractivity (Wildman–Crippen MR) is 78.9 cm³/mol. The van der Waals surface area contributed by atoms with E-state index < -0.39 is 0 Å². The van der Waals surface area contributed by atoms with E-state index in [0.29, 0.717) is 25.0 Å². The van der Waals surface area contributed by atoms with Crippen molar-refractivity contribution in [2.45, 2.75) is 19.4 Å². The summed E-state index contributed by atoms with van der Waals surface area (Å²) in [6, 6.07) is 18.9. The fourth-order valence-corrected chi connectivity index (χ4v) is 1.83. The van der Waals surface area contributed by atoms with Crippen molar-refractivity contribution in [3.05, 3.63) is 71.3 Å². The molecule has 106 valence electrons. The average molecular weight is 280 g/mol. The maximum Gasteiger partial charge on any atom is 0.243 e. The highest BCUT2D eigenvalue weighted by Crippen LogP contribution is 2.06. The van der Waals surface area contributed by atoms with Gasteiger partial charge in [0.05, 0.1) is 18.2 Å². The van der Waals surface area contributed by atoms with Gasteiger partial charge in [-0.15, -0.1) is 0 Å². The number of aryl methyl sites for hydroxylation is 1. The van der Waals surface area contributed by atoms with Crippen molar-refractivity contribution in [1.82, 2.24) is 5.48 Å². The van der Waals surface area contributed by atoms with E-state index in [1.54, 1.807) is 12.1 Å². The molecule has 1 amide bonds. The van der Waals surface area contributed by atoms with Gasteiger partial charge in [0.2, 0.25) is 5.91 Å². The Hall–Kier alpha value is -2.64. The molecule has 0 aliphatic carbocycles. The van der Waals surface area contributed by atoms with Crippen molar-refractivity contribution in [2.24, 2.45) is 0 Å². The second-order valence-electron chi connectivity index (χ2n) is 4.61. The summed E-state index contributed by atoms with van der Waals surface area (Å²) in [5, 5.41) is 8.71. The summed E-state index contributed by atoms with van der Waals surface area (Å²) < 4.78 is 0. The number of amides is 1. The van der Waals surface area contributed by atoms with Gasteiger partial charge >= 0.3 is 0 Å². The van der Waals surface area contributed by atoms with Crippen LogP contribution in [-0.4, -0.2) is 5.91 Å². The van der Waals surface area contributed by atoms with Gasteiger partial charge in [0, 0.05) is 6.42 Å². The molecule has 0 aliphatic heterocycles. The summed E-state index contributed by atoms with van der Waals surface area (Å²) in [5.74, 6) is -0.157. The molecule has 2 rings (SSSR count). The molecule has 0 heterocycles. The first-order valence-electron chi connectivity index (χ1n) is 6.71. The van der Waals surface area contributed by atoms with Crippen LogP contribution in [0.3, 0.4) is 0 Å². The summed E-state index contributed by atoms with van der Waals surface area (Å²) in [6.07, 6.45) is 0.965. The normalized spacial score (nSPS) is 9.86. The van der Waals surface area contributed by atoms with Gasteiger partial charge in [0.15, 0.2) is 0 Å². The van der Waals surface area contributed by atoms with Crippen molar-refractivity contribution in [2.75, 3.05) is 0 Å². The largest absolute Gasteiger partial charge is 0.273 e. The minimum absolute atomic E-state index is 0.157. The van der Waals surface area contributed by atoms with Crippen LogP contribution in [0.1, 0.15) is 23.1 Å². The third-order valence-electron chi connectivity index (χ3n) is 2.99. The highest BCUT2D eigenvalue weighted by Gasteiger charge is 2.03. The molecule has 0 radical (unpaired) electrons. The molecular formula is C17H16N2O2. The first kappa shape index (κ1) is 14.8. The number of hydrogen-bond donors (Lipinski definition) is 1. The Morgan fingerprint density at radius 2 is 1.76 bits per heavy atom. The summed E-state index contributed by atoms with van der Waals surface area (Å²) >= 11 is 0. The molecule has 0 unspecified atom stereocenters. The summed E-state index contributed by atoms with van der Waals surface area (Å²) in [6.45, 7) is 0.351. The van der Waals surface area contributed by atoms with E-state index in [9.17, 15) is 4.79 Å². The average Bonchev–Trinajstić information content (AvgIpc) is 2.54. The van der Waals surface area contributed by atoms with E-state index in [-0.39, 0.29) is 5.91 Å². The highest BCUT2D eigenvalue weighted by atomic mass is 16.6. The van der Waals surface area contributed by atoms with Crippen LogP contribution in [0, 0.1) is 11.3 Å². The molecule has 0 fully saturated rings.